The molecule has 0 bridgehead atoms. The SMILES string of the molecule is CC(CN(C)C)NC(=O)C1(CN)CCC1. The van der Waals surface area contributed by atoms with E-state index in [1.54, 1.807) is 0 Å². The van der Waals surface area contributed by atoms with Crippen LogP contribution in [0.4, 0.5) is 0 Å². The van der Waals surface area contributed by atoms with Crippen molar-refractivity contribution in [1.82, 2.24) is 10.2 Å². The third kappa shape index (κ3) is 2.92. The Balaban J connectivity index is 2.40. The van der Waals surface area contributed by atoms with Crippen LogP contribution in [0.3, 0.4) is 0 Å². The second-order valence-electron chi connectivity index (χ2n) is 4.97. The van der Waals surface area contributed by atoms with E-state index in [4.69, 9.17) is 5.73 Å². The molecule has 1 rings (SSSR count). The van der Waals surface area contributed by atoms with Crippen LogP contribution in [0.25, 0.3) is 0 Å². The Morgan fingerprint density at radius 2 is 2.13 bits per heavy atom. The van der Waals surface area contributed by atoms with Gasteiger partial charge in [-0.3, -0.25) is 4.79 Å². The zero-order valence-electron chi connectivity index (χ0n) is 10.0. The lowest BCUT2D eigenvalue weighted by Crippen LogP contribution is -2.53. The van der Waals surface area contributed by atoms with Crippen LogP contribution in [0.1, 0.15) is 26.2 Å². The third-order valence-electron chi connectivity index (χ3n) is 3.20. The molecule has 1 atom stereocenters. The highest BCUT2D eigenvalue weighted by atomic mass is 16.2. The van der Waals surface area contributed by atoms with Gasteiger partial charge in [0.1, 0.15) is 0 Å². The number of rotatable bonds is 5. The molecule has 0 aromatic carbocycles. The van der Waals surface area contributed by atoms with Gasteiger partial charge in [-0.15, -0.1) is 0 Å². The van der Waals surface area contributed by atoms with Crippen LogP contribution in [0, 0.1) is 5.41 Å². The summed E-state index contributed by atoms with van der Waals surface area (Å²) in [4.78, 5) is 14.0. The molecule has 0 spiro atoms. The predicted octanol–water partition coefficient (Wildman–Crippen LogP) is 0.182. The predicted molar refractivity (Wildman–Crippen MR) is 61.5 cm³/mol. The maximum atomic E-state index is 12.0. The molecule has 88 valence electrons. The van der Waals surface area contributed by atoms with Gasteiger partial charge in [-0.25, -0.2) is 0 Å². The minimum Gasteiger partial charge on any atom is -0.352 e. The summed E-state index contributed by atoms with van der Waals surface area (Å²) >= 11 is 0. The van der Waals surface area contributed by atoms with Crippen molar-refractivity contribution >= 4 is 5.91 Å². The molecule has 1 aliphatic rings. The Labute approximate surface area is 92.2 Å². The number of likely N-dealkylation sites (N-methyl/N-ethyl adjacent to an activating group) is 1. The molecular weight excluding hydrogens is 190 g/mol. The van der Waals surface area contributed by atoms with Crippen LogP contribution in [-0.4, -0.2) is 44.0 Å². The highest BCUT2D eigenvalue weighted by Crippen LogP contribution is 2.40. The van der Waals surface area contributed by atoms with E-state index in [-0.39, 0.29) is 17.4 Å². The second kappa shape index (κ2) is 4.94. The smallest absolute Gasteiger partial charge is 0.227 e. The monoisotopic (exact) mass is 213 g/mol. The third-order valence-corrected chi connectivity index (χ3v) is 3.20. The van der Waals surface area contributed by atoms with E-state index in [9.17, 15) is 4.79 Å². The normalized spacial score (nSPS) is 20.9. The van der Waals surface area contributed by atoms with Crippen LogP contribution < -0.4 is 11.1 Å². The van der Waals surface area contributed by atoms with Crippen LogP contribution >= 0.6 is 0 Å². The Bertz CT molecular complexity index is 218. The molecule has 0 aliphatic heterocycles. The molecule has 3 N–H and O–H groups in total. The van der Waals surface area contributed by atoms with E-state index in [1.807, 2.05) is 21.0 Å². The van der Waals surface area contributed by atoms with Gasteiger partial charge in [0.25, 0.3) is 0 Å². The Hall–Kier alpha value is -0.610. The number of carbonyl (C=O) groups is 1. The van der Waals surface area contributed by atoms with E-state index in [2.05, 4.69) is 10.2 Å². The summed E-state index contributed by atoms with van der Waals surface area (Å²) in [6.07, 6.45) is 3.03. The van der Waals surface area contributed by atoms with Gasteiger partial charge in [0, 0.05) is 19.1 Å². The first kappa shape index (κ1) is 12.5. The van der Waals surface area contributed by atoms with Gasteiger partial charge in [0.15, 0.2) is 0 Å². The first-order chi connectivity index (χ1) is 7.00. The van der Waals surface area contributed by atoms with Crippen molar-refractivity contribution < 1.29 is 4.79 Å². The number of carbonyl (C=O) groups excluding carboxylic acids is 1. The highest BCUT2D eigenvalue weighted by molar-refractivity contribution is 5.84. The molecular formula is C11H23N3O. The lowest BCUT2D eigenvalue weighted by atomic mass is 9.68. The number of hydrogen-bond donors (Lipinski definition) is 2. The van der Waals surface area contributed by atoms with Gasteiger partial charge < -0.3 is 16.0 Å². The molecule has 4 heteroatoms. The average Bonchev–Trinajstić information content (AvgIpc) is 2.00. The van der Waals surface area contributed by atoms with Crippen molar-refractivity contribution in [2.75, 3.05) is 27.2 Å². The van der Waals surface area contributed by atoms with E-state index in [0.29, 0.717) is 6.54 Å². The summed E-state index contributed by atoms with van der Waals surface area (Å²) in [7, 11) is 4.01. The zero-order chi connectivity index (χ0) is 11.5. The molecule has 0 radical (unpaired) electrons. The highest BCUT2D eigenvalue weighted by Gasteiger charge is 2.42. The number of nitrogens with one attached hydrogen (secondary N) is 1. The molecule has 4 nitrogen and oxygen atoms in total. The summed E-state index contributed by atoms with van der Waals surface area (Å²) in [5, 5.41) is 3.04. The van der Waals surface area contributed by atoms with E-state index in [0.717, 1.165) is 25.8 Å². The van der Waals surface area contributed by atoms with Crippen molar-refractivity contribution in [3.8, 4) is 0 Å². The fraction of sp³-hybridized carbons (Fsp3) is 0.909. The molecule has 1 unspecified atom stereocenters. The van der Waals surface area contributed by atoms with Crippen LogP contribution in [0.15, 0.2) is 0 Å². The second-order valence-corrected chi connectivity index (χ2v) is 4.97. The molecule has 1 aliphatic carbocycles. The Kier molecular flexibility index (Phi) is 4.11. The number of nitrogens with zero attached hydrogens (tertiary/aromatic N) is 1. The fourth-order valence-corrected chi connectivity index (χ4v) is 2.10. The van der Waals surface area contributed by atoms with Crippen molar-refractivity contribution in [1.29, 1.82) is 0 Å². The maximum Gasteiger partial charge on any atom is 0.227 e. The summed E-state index contributed by atoms with van der Waals surface area (Å²) < 4.78 is 0. The summed E-state index contributed by atoms with van der Waals surface area (Å²) in [6.45, 7) is 3.38. The minimum absolute atomic E-state index is 0.144. The van der Waals surface area contributed by atoms with Gasteiger partial charge >= 0.3 is 0 Å². The Morgan fingerprint density at radius 1 is 1.53 bits per heavy atom. The number of nitrogens with two attached hydrogens (primary N) is 1. The van der Waals surface area contributed by atoms with Crippen LogP contribution in [-0.2, 0) is 4.79 Å². The van der Waals surface area contributed by atoms with E-state index >= 15 is 0 Å². The van der Waals surface area contributed by atoms with Crippen LogP contribution in [0.5, 0.6) is 0 Å². The van der Waals surface area contributed by atoms with E-state index < -0.39 is 0 Å². The molecule has 1 fully saturated rings. The molecule has 1 saturated carbocycles. The first-order valence-corrected chi connectivity index (χ1v) is 5.66. The molecule has 0 heterocycles. The largest absolute Gasteiger partial charge is 0.352 e. The summed E-state index contributed by atoms with van der Waals surface area (Å²) in [5.74, 6) is 0.144. The van der Waals surface area contributed by atoms with Crippen molar-refractivity contribution in [2.24, 2.45) is 11.1 Å². The molecule has 0 aromatic rings. The van der Waals surface area contributed by atoms with Gasteiger partial charge in [-0.2, -0.15) is 0 Å². The summed E-state index contributed by atoms with van der Waals surface area (Å²) in [5.41, 5.74) is 5.43. The lowest BCUT2D eigenvalue weighted by Gasteiger charge is -2.40. The average molecular weight is 213 g/mol. The van der Waals surface area contributed by atoms with Crippen molar-refractivity contribution in [3.05, 3.63) is 0 Å². The Morgan fingerprint density at radius 3 is 2.47 bits per heavy atom. The number of amides is 1. The zero-order valence-corrected chi connectivity index (χ0v) is 10.0. The molecule has 15 heavy (non-hydrogen) atoms. The van der Waals surface area contributed by atoms with Gasteiger partial charge in [0.2, 0.25) is 5.91 Å². The molecule has 1 amide bonds. The van der Waals surface area contributed by atoms with Crippen molar-refractivity contribution in [2.45, 2.75) is 32.2 Å². The van der Waals surface area contributed by atoms with Crippen LogP contribution in [0.2, 0.25) is 0 Å². The van der Waals surface area contributed by atoms with E-state index in [1.165, 1.54) is 0 Å². The lowest BCUT2D eigenvalue weighted by molar-refractivity contribution is -0.135. The summed E-state index contributed by atoms with van der Waals surface area (Å²) in [6, 6.07) is 0.191. The van der Waals surface area contributed by atoms with Gasteiger partial charge in [-0.1, -0.05) is 6.42 Å². The molecule has 0 saturated heterocycles. The minimum atomic E-state index is -0.249. The fourth-order valence-electron chi connectivity index (χ4n) is 2.10. The van der Waals surface area contributed by atoms with Gasteiger partial charge in [0.05, 0.1) is 5.41 Å². The number of hydrogen-bond acceptors (Lipinski definition) is 3. The van der Waals surface area contributed by atoms with Gasteiger partial charge in [-0.05, 0) is 33.9 Å². The van der Waals surface area contributed by atoms with Crippen molar-refractivity contribution in [3.63, 3.8) is 0 Å². The quantitative estimate of drug-likeness (QED) is 0.685. The topological polar surface area (TPSA) is 58.4 Å². The molecule has 0 aromatic heterocycles. The first-order valence-electron chi connectivity index (χ1n) is 5.66. The maximum absolute atomic E-state index is 12.0. The standard InChI is InChI=1S/C11H23N3O/c1-9(7-14(2)3)13-10(15)11(8-12)5-4-6-11/h9H,4-8,12H2,1-3H3,(H,13,15).